The third-order valence-corrected chi connectivity index (χ3v) is 9.79. The molecule has 2 saturated heterocycles. The van der Waals surface area contributed by atoms with Gasteiger partial charge in [0.25, 0.3) is 0 Å². The number of amides is 1. The van der Waals surface area contributed by atoms with Crippen molar-refractivity contribution in [2.45, 2.75) is 108 Å². The van der Waals surface area contributed by atoms with Gasteiger partial charge in [-0.05, 0) is 78.6 Å². The van der Waals surface area contributed by atoms with Crippen LogP contribution in [0, 0.1) is 16.7 Å². The minimum Gasteiger partial charge on any atom is -0.481 e. The summed E-state index contributed by atoms with van der Waals surface area (Å²) in [6.07, 6.45) is 8.60. The SMILES string of the molecule is CO[C@@H]1[C@H](NC(=O)C23CCC(C(=O)O)(CC2)CC3)CC[C@]2(CO2)[C@H]1[C@]1(C)O[C@H]1CC=C(C)C. The number of carbonyl (C=O) groups is 2. The van der Waals surface area contributed by atoms with E-state index in [1.54, 1.807) is 7.11 Å². The second-order valence-corrected chi connectivity index (χ2v) is 11.8. The number of allylic oxidation sites excluding steroid dienone is 1. The summed E-state index contributed by atoms with van der Waals surface area (Å²) in [7, 11) is 1.73. The number of fused-ring (bicyclic) bond motifs is 3. The van der Waals surface area contributed by atoms with Gasteiger partial charge in [-0.15, -0.1) is 0 Å². The summed E-state index contributed by atoms with van der Waals surface area (Å²) < 4.78 is 18.4. The number of hydrogen-bond donors (Lipinski definition) is 2. The molecule has 33 heavy (non-hydrogen) atoms. The first-order chi connectivity index (χ1) is 15.6. The van der Waals surface area contributed by atoms with E-state index in [-0.39, 0.29) is 41.3 Å². The lowest BCUT2D eigenvalue weighted by atomic mass is 9.53. The number of rotatable bonds is 7. The van der Waals surface area contributed by atoms with Gasteiger partial charge in [0.1, 0.15) is 5.60 Å². The van der Waals surface area contributed by atoms with Crippen LogP contribution in [-0.2, 0) is 23.8 Å². The summed E-state index contributed by atoms with van der Waals surface area (Å²) in [6, 6.07) is -0.0880. The fraction of sp³-hybridized carbons (Fsp3) is 0.846. The van der Waals surface area contributed by atoms with E-state index in [0.717, 1.165) is 25.9 Å². The minimum absolute atomic E-state index is 0.0690. The summed E-state index contributed by atoms with van der Waals surface area (Å²) in [6.45, 7) is 7.11. The highest BCUT2D eigenvalue weighted by molar-refractivity contribution is 5.85. The number of hydrogen-bond acceptors (Lipinski definition) is 5. The van der Waals surface area contributed by atoms with Crippen LogP contribution in [0.1, 0.15) is 78.6 Å². The van der Waals surface area contributed by atoms with Gasteiger partial charge in [-0.2, -0.15) is 0 Å². The Kier molecular flexibility index (Phi) is 5.50. The normalized spacial score (nSPS) is 47.8. The van der Waals surface area contributed by atoms with Crippen LogP contribution in [0.5, 0.6) is 0 Å². The third-order valence-electron chi connectivity index (χ3n) is 9.79. The highest BCUT2D eigenvalue weighted by Gasteiger charge is 2.72. The van der Waals surface area contributed by atoms with Crippen molar-refractivity contribution < 1.29 is 28.9 Å². The van der Waals surface area contributed by atoms with Gasteiger partial charge in [-0.1, -0.05) is 11.6 Å². The molecular formula is C26H39NO6. The first-order valence-electron chi connectivity index (χ1n) is 12.6. The molecule has 4 saturated carbocycles. The molecule has 1 spiro atoms. The van der Waals surface area contributed by atoms with Crippen molar-refractivity contribution in [3.63, 3.8) is 0 Å². The fourth-order valence-electron chi connectivity index (χ4n) is 7.31. The molecule has 6 fully saturated rings. The molecule has 0 radical (unpaired) electrons. The Hall–Kier alpha value is -1.44. The van der Waals surface area contributed by atoms with E-state index in [0.29, 0.717) is 38.5 Å². The highest BCUT2D eigenvalue weighted by Crippen LogP contribution is 2.60. The van der Waals surface area contributed by atoms with Crippen LogP contribution in [-0.4, -0.2) is 60.2 Å². The van der Waals surface area contributed by atoms with Crippen molar-refractivity contribution in [2.24, 2.45) is 16.7 Å². The van der Waals surface area contributed by atoms with Crippen LogP contribution in [0.25, 0.3) is 0 Å². The zero-order chi connectivity index (χ0) is 23.6. The van der Waals surface area contributed by atoms with Gasteiger partial charge < -0.3 is 24.6 Å². The minimum atomic E-state index is -0.694. The topological polar surface area (TPSA) is 101 Å². The Labute approximate surface area is 196 Å². The summed E-state index contributed by atoms with van der Waals surface area (Å²) in [5.41, 5.74) is -0.274. The first-order valence-corrected chi connectivity index (χ1v) is 12.6. The van der Waals surface area contributed by atoms with E-state index in [1.807, 2.05) is 0 Å². The van der Waals surface area contributed by atoms with Gasteiger partial charge in [0.15, 0.2) is 0 Å². The Morgan fingerprint density at radius 2 is 1.70 bits per heavy atom. The van der Waals surface area contributed by atoms with Crippen molar-refractivity contribution >= 4 is 11.9 Å². The molecule has 4 aliphatic carbocycles. The van der Waals surface area contributed by atoms with E-state index in [2.05, 4.69) is 32.2 Å². The van der Waals surface area contributed by atoms with Crippen molar-refractivity contribution in [3.8, 4) is 0 Å². The summed E-state index contributed by atoms with van der Waals surface area (Å²) in [4.78, 5) is 25.4. The van der Waals surface area contributed by atoms with Gasteiger partial charge in [-0.3, -0.25) is 9.59 Å². The van der Waals surface area contributed by atoms with Crippen molar-refractivity contribution in [1.82, 2.24) is 5.32 Å². The largest absolute Gasteiger partial charge is 0.481 e. The van der Waals surface area contributed by atoms with Crippen molar-refractivity contribution in [2.75, 3.05) is 13.7 Å². The number of carbonyl (C=O) groups excluding carboxylic acids is 1. The van der Waals surface area contributed by atoms with Crippen LogP contribution >= 0.6 is 0 Å². The molecule has 0 aromatic carbocycles. The maximum Gasteiger partial charge on any atom is 0.309 e. The number of carboxylic acid groups (broad SMARTS) is 1. The number of epoxide rings is 2. The smallest absolute Gasteiger partial charge is 0.309 e. The zero-order valence-electron chi connectivity index (χ0n) is 20.4. The van der Waals surface area contributed by atoms with Gasteiger partial charge in [0.2, 0.25) is 5.91 Å². The van der Waals surface area contributed by atoms with Crippen LogP contribution in [0.3, 0.4) is 0 Å². The van der Waals surface area contributed by atoms with Gasteiger partial charge in [0, 0.05) is 18.4 Å². The van der Waals surface area contributed by atoms with Gasteiger partial charge in [-0.25, -0.2) is 0 Å². The van der Waals surface area contributed by atoms with Crippen LogP contribution < -0.4 is 5.32 Å². The monoisotopic (exact) mass is 461 g/mol. The van der Waals surface area contributed by atoms with Crippen molar-refractivity contribution in [1.29, 1.82) is 0 Å². The predicted molar refractivity (Wildman–Crippen MR) is 122 cm³/mol. The number of methoxy groups -OCH3 is 1. The lowest BCUT2D eigenvalue weighted by molar-refractivity contribution is -0.164. The molecule has 0 aromatic rings. The fourth-order valence-corrected chi connectivity index (χ4v) is 7.31. The number of ether oxygens (including phenoxy) is 3. The van der Waals surface area contributed by atoms with Crippen LogP contribution in [0.4, 0.5) is 0 Å². The molecule has 2 bridgehead atoms. The second kappa shape index (κ2) is 7.79. The molecule has 2 aliphatic heterocycles. The molecule has 0 unspecified atom stereocenters. The molecule has 6 rings (SSSR count). The molecule has 1 amide bonds. The molecule has 2 N–H and O–H groups in total. The molecular weight excluding hydrogens is 422 g/mol. The number of aliphatic carboxylic acids is 1. The number of nitrogens with one attached hydrogen (secondary N) is 1. The summed E-state index contributed by atoms with van der Waals surface area (Å²) in [5, 5.41) is 13.0. The maximum absolute atomic E-state index is 13.6. The Morgan fingerprint density at radius 1 is 1.09 bits per heavy atom. The summed E-state index contributed by atoms with van der Waals surface area (Å²) in [5.74, 6) is -0.539. The molecule has 184 valence electrons. The van der Waals surface area contributed by atoms with E-state index >= 15 is 0 Å². The summed E-state index contributed by atoms with van der Waals surface area (Å²) >= 11 is 0. The van der Waals surface area contributed by atoms with Crippen LogP contribution in [0.2, 0.25) is 0 Å². The van der Waals surface area contributed by atoms with Gasteiger partial charge in [0.05, 0.1) is 35.9 Å². The highest BCUT2D eigenvalue weighted by atomic mass is 16.6. The molecule has 6 aliphatic rings. The van der Waals surface area contributed by atoms with Gasteiger partial charge >= 0.3 is 5.97 Å². The third kappa shape index (κ3) is 3.66. The first kappa shape index (κ1) is 23.3. The average Bonchev–Trinajstić information content (AvgIpc) is 3.71. The van der Waals surface area contributed by atoms with E-state index < -0.39 is 16.8 Å². The van der Waals surface area contributed by atoms with E-state index in [4.69, 9.17) is 14.2 Å². The molecule has 7 nitrogen and oxygen atoms in total. The average molecular weight is 462 g/mol. The molecule has 6 atom stereocenters. The molecule has 2 heterocycles. The lowest BCUT2D eigenvalue weighted by Crippen LogP contribution is -2.62. The molecule has 0 aromatic heterocycles. The second-order valence-electron chi connectivity index (χ2n) is 11.8. The zero-order valence-corrected chi connectivity index (χ0v) is 20.4. The standard InChI is InChI=1S/C26H39NO6/c1-16(2)5-6-18-23(3,33-18)20-19(31-4)17(7-8-26(20)15-32-26)27-21(28)24-9-12-25(13-10-24,14-11-24)22(29)30/h5,17-20H,6-15H2,1-4H3,(H,27,28)(H,29,30)/t17-,18+,19-,20-,23-,24?,25?,26+/m1/s1. The lowest BCUT2D eigenvalue weighted by Gasteiger charge is -2.51. The Bertz CT molecular complexity index is 834. The Balaban J connectivity index is 1.30. The number of carboxylic acids is 1. The maximum atomic E-state index is 13.6. The predicted octanol–water partition coefficient (Wildman–Crippen LogP) is 3.60. The van der Waals surface area contributed by atoms with E-state index in [9.17, 15) is 14.7 Å². The van der Waals surface area contributed by atoms with E-state index in [1.165, 1.54) is 5.57 Å². The Morgan fingerprint density at radius 3 is 2.21 bits per heavy atom. The van der Waals surface area contributed by atoms with Crippen molar-refractivity contribution in [3.05, 3.63) is 11.6 Å². The molecule has 7 heteroatoms. The quantitative estimate of drug-likeness (QED) is 0.444. The van der Waals surface area contributed by atoms with Crippen LogP contribution in [0.15, 0.2) is 11.6 Å².